The third-order valence-corrected chi connectivity index (χ3v) is 4.41. The summed E-state index contributed by atoms with van der Waals surface area (Å²) in [7, 11) is 0. The molecular weight excluding hydrogens is 242 g/mol. The summed E-state index contributed by atoms with van der Waals surface area (Å²) in [5.74, 6) is 0.587. The molecule has 2 fully saturated rings. The van der Waals surface area contributed by atoms with Crippen LogP contribution in [0.5, 0.6) is 0 Å². The first kappa shape index (κ1) is 12.9. The van der Waals surface area contributed by atoms with Gasteiger partial charge in [0, 0.05) is 19.0 Å². The van der Waals surface area contributed by atoms with Gasteiger partial charge in [-0.2, -0.15) is 0 Å². The number of hydrogen-bond donors (Lipinski definition) is 1. The third kappa shape index (κ3) is 3.08. The van der Waals surface area contributed by atoms with E-state index in [0.29, 0.717) is 12.5 Å². The number of nitrogens with zero attached hydrogens (tertiary/aromatic N) is 2. The van der Waals surface area contributed by atoms with Crippen molar-refractivity contribution in [3.63, 3.8) is 0 Å². The van der Waals surface area contributed by atoms with E-state index < -0.39 is 0 Å². The Labute approximate surface area is 114 Å². The number of rotatable bonds is 3. The van der Waals surface area contributed by atoms with Crippen LogP contribution in [0, 0.1) is 11.8 Å². The Morgan fingerprint density at radius 3 is 2.89 bits per heavy atom. The lowest BCUT2D eigenvalue weighted by Crippen LogP contribution is -2.39. The average molecular weight is 265 g/mol. The average Bonchev–Trinajstić information content (AvgIpc) is 2.86. The van der Waals surface area contributed by atoms with Gasteiger partial charge in [0.25, 0.3) is 0 Å². The van der Waals surface area contributed by atoms with Gasteiger partial charge in [0.05, 0.1) is 11.6 Å². The van der Waals surface area contributed by atoms with E-state index in [4.69, 9.17) is 4.84 Å². The van der Waals surface area contributed by atoms with Crippen LogP contribution in [0.15, 0.2) is 5.16 Å². The number of piperidine rings is 1. The van der Waals surface area contributed by atoms with Crippen molar-refractivity contribution in [2.75, 3.05) is 32.8 Å². The van der Waals surface area contributed by atoms with E-state index in [1.165, 1.54) is 32.4 Å². The second-order valence-electron chi connectivity index (χ2n) is 5.94. The first-order valence-electron chi connectivity index (χ1n) is 7.52. The second-order valence-corrected chi connectivity index (χ2v) is 5.94. The molecule has 3 heterocycles. The lowest BCUT2D eigenvalue weighted by molar-refractivity contribution is -0.120. The van der Waals surface area contributed by atoms with E-state index >= 15 is 0 Å². The summed E-state index contributed by atoms with van der Waals surface area (Å²) in [4.78, 5) is 19.6. The molecule has 106 valence electrons. The van der Waals surface area contributed by atoms with Crippen molar-refractivity contribution in [3.05, 3.63) is 0 Å². The highest BCUT2D eigenvalue weighted by molar-refractivity contribution is 6.05. The van der Waals surface area contributed by atoms with Gasteiger partial charge in [0.1, 0.15) is 6.61 Å². The molecule has 0 aromatic heterocycles. The molecule has 5 heteroatoms. The van der Waals surface area contributed by atoms with Gasteiger partial charge in [-0.25, -0.2) is 0 Å². The summed E-state index contributed by atoms with van der Waals surface area (Å²) < 4.78 is 0. The predicted octanol–water partition coefficient (Wildman–Crippen LogP) is 1.00. The van der Waals surface area contributed by atoms with Crippen LogP contribution in [-0.2, 0) is 9.63 Å². The Morgan fingerprint density at radius 2 is 2.16 bits per heavy atom. The fourth-order valence-corrected chi connectivity index (χ4v) is 3.36. The molecule has 0 aromatic carbocycles. The molecule has 1 amide bonds. The first-order valence-corrected chi connectivity index (χ1v) is 7.52. The van der Waals surface area contributed by atoms with E-state index in [9.17, 15) is 4.79 Å². The third-order valence-electron chi connectivity index (χ3n) is 4.41. The standard InChI is InChI=1S/C14H23N3O2/c18-14-12(4-5-15-14)13-8-11(10-19-16-13)9-17-6-2-1-3-7-17/h11-12H,1-10H2,(H,15,18). The van der Waals surface area contributed by atoms with Crippen LogP contribution in [0.25, 0.3) is 0 Å². The molecule has 2 unspecified atom stereocenters. The van der Waals surface area contributed by atoms with Gasteiger partial charge < -0.3 is 15.1 Å². The number of nitrogens with one attached hydrogen (secondary N) is 1. The first-order chi connectivity index (χ1) is 9.33. The largest absolute Gasteiger partial charge is 0.395 e. The molecule has 1 N–H and O–H groups in total. The van der Waals surface area contributed by atoms with Crippen LogP contribution in [-0.4, -0.2) is 49.3 Å². The Bertz CT molecular complexity index is 364. The lowest BCUT2D eigenvalue weighted by atomic mass is 9.91. The number of carbonyl (C=O) groups is 1. The van der Waals surface area contributed by atoms with E-state index in [-0.39, 0.29) is 11.8 Å². The van der Waals surface area contributed by atoms with Crippen molar-refractivity contribution in [3.8, 4) is 0 Å². The highest BCUT2D eigenvalue weighted by Crippen LogP contribution is 2.23. The quantitative estimate of drug-likeness (QED) is 0.828. The van der Waals surface area contributed by atoms with Crippen LogP contribution in [0.3, 0.4) is 0 Å². The zero-order valence-electron chi connectivity index (χ0n) is 11.4. The van der Waals surface area contributed by atoms with Gasteiger partial charge in [-0.15, -0.1) is 0 Å². The van der Waals surface area contributed by atoms with Crippen LogP contribution in [0.2, 0.25) is 0 Å². The van der Waals surface area contributed by atoms with Crippen molar-refractivity contribution in [2.45, 2.75) is 32.1 Å². The molecule has 3 aliphatic rings. The maximum absolute atomic E-state index is 11.7. The number of amides is 1. The van der Waals surface area contributed by atoms with E-state index in [0.717, 1.165) is 31.6 Å². The van der Waals surface area contributed by atoms with Crippen molar-refractivity contribution >= 4 is 11.6 Å². The molecule has 5 nitrogen and oxygen atoms in total. The van der Waals surface area contributed by atoms with Crippen LogP contribution >= 0.6 is 0 Å². The fourth-order valence-electron chi connectivity index (χ4n) is 3.36. The van der Waals surface area contributed by atoms with Crippen molar-refractivity contribution in [2.24, 2.45) is 17.0 Å². The summed E-state index contributed by atoms with van der Waals surface area (Å²) in [5.41, 5.74) is 0.961. The zero-order valence-corrected chi connectivity index (χ0v) is 11.4. The Kier molecular flexibility index (Phi) is 4.01. The minimum atomic E-state index is -0.0378. The molecule has 0 aromatic rings. The molecule has 0 aliphatic carbocycles. The predicted molar refractivity (Wildman–Crippen MR) is 72.9 cm³/mol. The number of carbonyl (C=O) groups excluding carboxylic acids is 1. The molecule has 2 saturated heterocycles. The van der Waals surface area contributed by atoms with Crippen molar-refractivity contribution in [1.82, 2.24) is 10.2 Å². The van der Waals surface area contributed by atoms with E-state index in [1.54, 1.807) is 0 Å². The van der Waals surface area contributed by atoms with Crippen molar-refractivity contribution in [1.29, 1.82) is 0 Å². The molecule has 2 atom stereocenters. The number of oxime groups is 1. The highest BCUT2D eigenvalue weighted by Gasteiger charge is 2.33. The summed E-state index contributed by atoms with van der Waals surface area (Å²) in [6.45, 7) is 5.00. The van der Waals surface area contributed by atoms with Gasteiger partial charge in [0.2, 0.25) is 5.91 Å². The minimum Gasteiger partial charge on any atom is -0.395 e. The summed E-state index contributed by atoms with van der Waals surface area (Å²) in [5, 5.41) is 7.02. The molecule has 0 radical (unpaired) electrons. The van der Waals surface area contributed by atoms with Crippen LogP contribution < -0.4 is 5.32 Å². The van der Waals surface area contributed by atoms with Gasteiger partial charge >= 0.3 is 0 Å². The molecule has 0 saturated carbocycles. The Morgan fingerprint density at radius 1 is 1.32 bits per heavy atom. The van der Waals surface area contributed by atoms with E-state index in [1.807, 2.05) is 0 Å². The van der Waals surface area contributed by atoms with Crippen LogP contribution in [0.1, 0.15) is 32.1 Å². The van der Waals surface area contributed by atoms with Gasteiger partial charge in [-0.3, -0.25) is 4.79 Å². The molecule has 19 heavy (non-hydrogen) atoms. The Hall–Kier alpha value is -1.10. The SMILES string of the molecule is O=C1NCCC1C1=NOCC(CN2CCCCC2)C1. The molecule has 3 rings (SSSR count). The van der Waals surface area contributed by atoms with E-state index in [2.05, 4.69) is 15.4 Å². The minimum absolute atomic E-state index is 0.0378. The molecule has 0 spiro atoms. The molecule has 3 aliphatic heterocycles. The molecular formula is C14H23N3O2. The van der Waals surface area contributed by atoms with Crippen LogP contribution in [0.4, 0.5) is 0 Å². The topological polar surface area (TPSA) is 53.9 Å². The highest BCUT2D eigenvalue weighted by atomic mass is 16.6. The monoisotopic (exact) mass is 265 g/mol. The molecule has 0 bridgehead atoms. The summed E-state index contributed by atoms with van der Waals surface area (Å²) in [6, 6.07) is 0. The zero-order chi connectivity index (χ0) is 13.1. The fraction of sp³-hybridized carbons (Fsp3) is 0.857. The summed E-state index contributed by atoms with van der Waals surface area (Å²) in [6.07, 6.45) is 5.80. The normalized spacial score (nSPS) is 32.6. The number of hydrogen-bond acceptors (Lipinski definition) is 4. The number of likely N-dealkylation sites (tertiary alicyclic amines) is 1. The van der Waals surface area contributed by atoms with Crippen molar-refractivity contribution < 1.29 is 9.63 Å². The Balaban J connectivity index is 1.54. The summed E-state index contributed by atoms with van der Waals surface area (Å²) >= 11 is 0. The maximum Gasteiger partial charge on any atom is 0.228 e. The maximum atomic E-state index is 11.7. The second kappa shape index (κ2) is 5.90. The lowest BCUT2D eigenvalue weighted by Gasteiger charge is -2.32. The van der Waals surface area contributed by atoms with Gasteiger partial charge in [-0.05, 0) is 38.8 Å². The van der Waals surface area contributed by atoms with Gasteiger partial charge in [-0.1, -0.05) is 11.6 Å². The smallest absolute Gasteiger partial charge is 0.228 e. The van der Waals surface area contributed by atoms with Gasteiger partial charge in [0.15, 0.2) is 0 Å².